The van der Waals surface area contributed by atoms with Crippen LogP contribution in [-0.2, 0) is 6.42 Å². The van der Waals surface area contributed by atoms with Crippen LogP contribution in [0.3, 0.4) is 0 Å². The molecule has 0 saturated heterocycles. The van der Waals surface area contributed by atoms with Gasteiger partial charge in [0.05, 0.1) is 16.0 Å². The Morgan fingerprint density at radius 1 is 1.33 bits per heavy atom. The molecule has 0 spiro atoms. The van der Waals surface area contributed by atoms with Gasteiger partial charge in [0, 0.05) is 29.1 Å². The van der Waals surface area contributed by atoms with Crippen molar-refractivity contribution >= 4 is 34.5 Å². The lowest BCUT2D eigenvalue weighted by Gasteiger charge is -2.33. The van der Waals surface area contributed by atoms with Gasteiger partial charge in [-0.2, -0.15) is 0 Å². The Hall–Kier alpha value is -2.64. The predicted octanol–water partition coefficient (Wildman–Crippen LogP) is 5.33. The van der Waals surface area contributed by atoms with E-state index in [2.05, 4.69) is 11.4 Å². The van der Waals surface area contributed by atoms with Gasteiger partial charge in [0.15, 0.2) is 5.76 Å². The van der Waals surface area contributed by atoms with E-state index in [9.17, 15) is 14.9 Å². The first-order chi connectivity index (χ1) is 13.0. The third-order valence-electron chi connectivity index (χ3n) is 4.78. The maximum absolute atomic E-state index is 12.9. The Morgan fingerprint density at radius 3 is 2.89 bits per heavy atom. The summed E-state index contributed by atoms with van der Waals surface area (Å²) >= 11 is 7.87. The zero-order valence-corrected chi connectivity index (χ0v) is 15.9. The highest BCUT2D eigenvalue weighted by Gasteiger charge is 2.30. The minimum Gasteiger partial charge on any atom is -0.451 e. The summed E-state index contributed by atoms with van der Waals surface area (Å²) in [5.74, 6) is 0.452. The molecule has 4 rings (SSSR count). The summed E-state index contributed by atoms with van der Waals surface area (Å²) in [5.41, 5.74) is 1.60. The molecule has 6 nitrogen and oxygen atoms in total. The largest absolute Gasteiger partial charge is 0.451 e. The molecule has 2 aromatic heterocycles. The molecule has 0 bridgehead atoms. The molecule has 0 unspecified atom stereocenters. The lowest BCUT2D eigenvalue weighted by atomic mass is 10.0. The number of hydrogen-bond donors (Lipinski definition) is 0. The number of halogens is 1. The Morgan fingerprint density at radius 2 is 2.15 bits per heavy atom. The molecule has 0 fully saturated rings. The monoisotopic (exact) mass is 402 g/mol. The summed E-state index contributed by atoms with van der Waals surface area (Å²) < 4.78 is 5.74. The summed E-state index contributed by atoms with van der Waals surface area (Å²) in [4.78, 5) is 26.4. The number of non-ortho nitro benzene ring substituents is 1. The number of benzene rings is 1. The SMILES string of the molecule is C[C@@H]1c2ccsc2CCN1C(=O)c1ccc(-c2ccc([N+](=O)[O-])cc2Cl)o1. The molecular weight excluding hydrogens is 388 g/mol. The highest BCUT2D eigenvalue weighted by molar-refractivity contribution is 7.10. The highest BCUT2D eigenvalue weighted by atomic mass is 35.5. The molecule has 138 valence electrons. The van der Waals surface area contributed by atoms with E-state index in [1.54, 1.807) is 28.4 Å². The molecule has 0 N–H and O–H groups in total. The van der Waals surface area contributed by atoms with Crippen molar-refractivity contribution in [2.75, 3.05) is 6.54 Å². The fraction of sp³-hybridized carbons (Fsp3) is 0.211. The average molecular weight is 403 g/mol. The molecule has 1 amide bonds. The second kappa shape index (κ2) is 6.83. The fourth-order valence-electron chi connectivity index (χ4n) is 3.34. The fourth-order valence-corrected chi connectivity index (χ4v) is 4.57. The molecule has 8 heteroatoms. The van der Waals surface area contributed by atoms with E-state index in [1.807, 2.05) is 6.92 Å². The van der Waals surface area contributed by atoms with Crippen LogP contribution < -0.4 is 0 Å². The van der Waals surface area contributed by atoms with Crippen molar-refractivity contribution in [3.05, 3.63) is 73.1 Å². The maximum atomic E-state index is 12.9. The zero-order chi connectivity index (χ0) is 19.1. The normalized spacial score (nSPS) is 16.2. The molecule has 3 aromatic rings. The van der Waals surface area contributed by atoms with Crippen molar-refractivity contribution in [2.24, 2.45) is 0 Å². The average Bonchev–Trinajstić information content (AvgIpc) is 3.31. The van der Waals surface area contributed by atoms with E-state index in [-0.39, 0.29) is 28.4 Å². The number of rotatable bonds is 3. The second-order valence-corrected chi connectivity index (χ2v) is 7.72. The molecule has 0 radical (unpaired) electrons. The van der Waals surface area contributed by atoms with Crippen LogP contribution >= 0.6 is 22.9 Å². The minimum absolute atomic E-state index is 0.0102. The third kappa shape index (κ3) is 3.13. The van der Waals surface area contributed by atoms with E-state index in [0.29, 0.717) is 17.9 Å². The first-order valence-electron chi connectivity index (χ1n) is 8.37. The summed E-state index contributed by atoms with van der Waals surface area (Å²) in [7, 11) is 0. The van der Waals surface area contributed by atoms with Crippen molar-refractivity contribution in [3.63, 3.8) is 0 Å². The summed E-state index contributed by atoms with van der Waals surface area (Å²) in [6.07, 6.45) is 0.838. The third-order valence-corrected chi connectivity index (χ3v) is 6.09. The lowest BCUT2D eigenvalue weighted by molar-refractivity contribution is -0.384. The van der Waals surface area contributed by atoms with Crippen LogP contribution in [0.5, 0.6) is 0 Å². The Kier molecular flexibility index (Phi) is 4.49. The molecule has 0 aliphatic carbocycles. The standard InChI is InChI=1S/C19H15ClN2O4S/c1-11-13-7-9-27-18(13)6-8-21(11)19(23)17-5-4-16(26-17)14-3-2-12(22(24)25)10-15(14)20/h2-5,7,9-11H,6,8H2,1H3/t11-/m1/s1. The summed E-state index contributed by atoms with van der Waals surface area (Å²) in [5, 5.41) is 13.1. The zero-order valence-electron chi connectivity index (χ0n) is 14.3. The van der Waals surface area contributed by atoms with Crippen molar-refractivity contribution in [1.29, 1.82) is 0 Å². The quantitative estimate of drug-likeness (QED) is 0.438. The van der Waals surface area contributed by atoms with Crippen molar-refractivity contribution in [2.45, 2.75) is 19.4 Å². The number of nitrogens with zero attached hydrogens (tertiary/aromatic N) is 2. The van der Waals surface area contributed by atoms with Gasteiger partial charge in [-0.25, -0.2) is 0 Å². The number of carbonyl (C=O) groups excluding carboxylic acids is 1. The lowest BCUT2D eigenvalue weighted by Crippen LogP contribution is -2.38. The van der Waals surface area contributed by atoms with Crippen molar-refractivity contribution in [1.82, 2.24) is 4.90 Å². The molecule has 1 aliphatic rings. The van der Waals surface area contributed by atoms with E-state index < -0.39 is 4.92 Å². The number of thiophene rings is 1. The molecule has 1 aliphatic heterocycles. The van der Waals surface area contributed by atoms with Crippen LogP contribution in [-0.4, -0.2) is 22.3 Å². The van der Waals surface area contributed by atoms with Crippen LogP contribution in [0.4, 0.5) is 5.69 Å². The van der Waals surface area contributed by atoms with E-state index in [1.165, 1.54) is 28.6 Å². The highest BCUT2D eigenvalue weighted by Crippen LogP contribution is 2.35. The van der Waals surface area contributed by atoms with E-state index >= 15 is 0 Å². The Labute approximate surface area is 164 Å². The van der Waals surface area contributed by atoms with Crippen molar-refractivity contribution < 1.29 is 14.1 Å². The summed E-state index contributed by atoms with van der Waals surface area (Å²) in [6, 6.07) is 9.48. The summed E-state index contributed by atoms with van der Waals surface area (Å²) in [6.45, 7) is 2.65. The van der Waals surface area contributed by atoms with Gasteiger partial charge in [-0.15, -0.1) is 11.3 Å². The number of carbonyl (C=O) groups is 1. The number of amides is 1. The van der Waals surface area contributed by atoms with E-state index in [0.717, 1.165) is 6.42 Å². The van der Waals surface area contributed by atoms with E-state index in [4.69, 9.17) is 16.0 Å². The topological polar surface area (TPSA) is 76.6 Å². The van der Waals surface area contributed by atoms with Crippen molar-refractivity contribution in [3.8, 4) is 11.3 Å². The molecule has 27 heavy (non-hydrogen) atoms. The smallest absolute Gasteiger partial charge is 0.290 e. The first kappa shape index (κ1) is 17.8. The Balaban J connectivity index is 1.60. The number of hydrogen-bond acceptors (Lipinski definition) is 5. The predicted molar refractivity (Wildman–Crippen MR) is 103 cm³/mol. The van der Waals surface area contributed by atoms with Crippen LogP contribution in [0.15, 0.2) is 46.2 Å². The number of nitro benzene ring substituents is 1. The van der Waals surface area contributed by atoms with Crippen LogP contribution in [0.1, 0.15) is 34.0 Å². The van der Waals surface area contributed by atoms with Gasteiger partial charge in [-0.05, 0) is 48.6 Å². The molecule has 0 saturated carbocycles. The molecule has 3 heterocycles. The van der Waals surface area contributed by atoms with Gasteiger partial charge in [0.2, 0.25) is 0 Å². The van der Waals surface area contributed by atoms with Gasteiger partial charge in [0.1, 0.15) is 5.76 Å². The van der Waals surface area contributed by atoms with Gasteiger partial charge < -0.3 is 9.32 Å². The Bertz CT molecular complexity index is 1040. The van der Waals surface area contributed by atoms with Gasteiger partial charge in [-0.3, -0.25) is 14.9 Å². The number of furan rings is 1. The molecular formula is C19H15ClN2O4S. The van der Waals surface area contributed by atoms with Gasteiger partial charge in [0.25, 0.3) is 11.6 Å². The molecule has 1 atom stereocenters. The number of nitro groups is 1. The first-order valence-corrected chi connectivity index (χ1v) is 9.63. The van der Waals surface area contributed by atoms with Crippen LogP contribution in [0.2, 0.25) is 5.02 Å². The van der Waals surface area contributed by atoms with Gasteiger partial charge >= 0.3 is 0 Å². The van der Waals surface area contributed by atoms with Gasteiger partial charge in [-0.1, -0.05) is 11.6 Å². The number of fused-ring (bicyclic) bond motifs is 1. The second-order valence-electron chi connectivity index (χ2n) is 6.31. The minimum atomic E-state index is -0.511. The van der Waals surface area contributed by atoms with Crippen LogP contribution in [0.25, 0.3) is 11.3 Å². The van der Waals surface area contributed by atoms with Crippen LogP contribution in [0, 0.1) is 10.1 Å². The molecule has 1 aromatic carbocycles. The maximum Gasteiger partial charge on any atom is 0.290 e.